The maximum absolute atomic E-state index is 5.48. The van der Waals surface area contributed by atoms with Crippen LogP contribution in [0.4, 0.5) is 0 Å². The summed E-state index contributed by atoms with van der Waals surface area (Å²) >= 11 is 5.48. The van der Waals surface area contributed by atoms with Crippen molar-refractivity contribution in [2.24, 2.45) is 0 Å². The van der Waals surface area contributed by atoms with E-state index < -0.39 is 0 Å². The minimum absolute atomic E-state index is 0.322. The van der Waals surface area contributed by atoms with Crippen LogP contribution in [0.2, 0.25) is 5.15 Å². The SMILES string of the molecule is C#Cc1nccc(Cl)n1.c1cc2cc-2c1. The molecule has 0 bridgehead atoms. The maximum Gasteiger partial charge on any atom is 0.205 e. The number of aromatic nitrogens is 2. The van der Waals surface area contributed by atoms with Crippen LogP contribution in [0.25, 0.3) is 11.1 Å². The molecule has 15 heavy (non-hydrogen) atoms. The molecule has 0 N–H and O–H groups in total. The summed E-state index contributed by atoms with van der Waals surface area (Å²) in [6.45, 7) is 0. The van der Waals surface area contributed by atoms with Crippen LogP contribution in [0.15, 0.2) is 36.5 Å². The van der Waals surface area contributed by atoms with Gasteiger partial charge in [0, 0.05) is 6.20 Å². The average Bonchev–Trinajstić information content (AvgIpc) is 2.87. The summed E-state index contributed by atoms with van der Waals surface area (Å²) in [6, 6.07) is 10.1. The van der Waals surface area contributed by atoms with Gasteiger partial charge < -0.3 is 0 Å². The second-order valence-corrected chi connectivity index (χ2v) is 3.32. The summed E-state index contributed by atoms with van der Waals surface area (Å²) in [6.07, 6.45) is 6.50. The Morgan fingerprint density at radius 2 is 1.93 bits per heavy atom. The van der Waals surface area contributed by atoms with Crippen molar-refractivity contribution in [2.45, 2.75) is 0 Å². The van der Waals surface area contributed by atoms with E-state index in [-0.39, 0.29) is 0 Å². The highest BCUT2D eigenvalue weighted by Gasteiger charge is 2.06. The van der Waals surface area contributed by atoms with Gasteiger partial charge in [0.25, 0.3) is 0 Å². The summed E-state index contributed by atoms with van der Waals surface area (Å²) in [5, 5.41) is 0.373. The van der Waals surface area contributed by atoms with Crippen molar-refractivity contribution in [1.82, 2.24) is 9.97 Å². The standard InChI is InChI=1S/C6H3ClN2.C6H4/c1-2-6-8-4-3-5(7)9-6;1-2-5-4-6(5)3-1/h1,3-4H;1-4H. The first kappa shape index (κ1) is 9.70. The van der Waals surface area contributed by atoms with Crippen molar-refractivity contribution >= 4 is 11.6 Å². The topological polar surface area (TPSA) is 25.8 Å². The molecule has 2 aliphatic rings. The molecule has 0 saturated heterocycles. The van der Waals surface area contributed by atoms with E-state index in [2.05, 4.69) is 40.2 Å². The van der Waals surface area contributed by atoms with E-state index in [1.807, 2.05) is 0 Å². The quantitative estimate of drug-likeness (QED) is 0.425. The first-order valence-corrected chi connectivity index (χ1v) is 4.73. The molecule has 0 unspecified atom stereocenters. The van der Waals surface area contributed by atoms with Crippen LogP contribution in [0.1, 0.15) is 5.82 Å². The lowest BCUT2D eigenvalue weighted by Crippen LogP contribution is -1.85. The fourth-order valence-electron chi connectivity index (χ4n) is 1.08. The highest BCUT2D eigenvalue weighted by atomic mass is 35.5. The van der Waals surface area contributed by atoms with Crippen LogP contribution in [0, 0.1) is 12.3 Å². The molecule has 1 aromatic heterocycles. The molecular weight excluding hydrogens is 208 g/mol. The predicted molar refractivity (Wildman–Crippen MR) is 60.4 cm³/mol. The van der Waals surface area contributed by atoms with Crippen molar-refractivity contribution < 1.29 is 0 Å². The summed E-state index contributed by atoms with van der Waals surface area (Å²) < 4.78 is 0. The molecule has 0 saturated carbocycles. The summed E-state index contributed by atoms with van der Waals surface area (Å²) in [5.74, 6) is 2.58. The lowest BCUT2D eigenvalue weighted by Gasteiger charge is -1.86. The van der Waals surface area contributed by atoms with E-state index in [1.165, 1.54) is 17.3 Å². The van der Waals surface area contributed by atoms with Crippen LogP contribution in [0.5, 0.6) is 0 Å². The largest absolute Gasteiger partial charge is 0.229 e. The molecule has 3 rings (SSSR count). The number of fused-ring (bicyclic) bond motifs is 1. The van der Waals surface area contributed by atoms with Gasteiger partial charge in [0.15, 0.2) is 0 Å². The maximum atomic E-state index is 5.48. The Hall–Kier alpha value is -1.85. The fraction of sp³-hybridized carbons (Fsp3) is 0. The Kier molecular flexibility index (Phi) is 2.66. The van der Waals surface area contributed by atoms with Crippen molar-refractivity contribution in [3.05, 3.63) is 47.5 Å². The smallest absolute Gasteiger partial charge is 0.205 e. The van der Waals surface area contributed by atoms with Crippen molar-refractivity contribution in [3.8, 4) is 23.5 Å². The number of nitrogens with zero attached hydrogens (tertiary/aromatic N) is 2. The van der Waals surface area contributed by atoms with E-state index in [9.17, 15) is 0 Å². The van der Waals surface area contributed by atoms with E-state index in [0.717, 1.165) is 0 Å². The molecule has 0 aromatic carbocycles. The molecule has 0 radical (unpaired) electrons. The number of hydrogen-bond acceptors (Lipinski definition) is 2. The Labute approximate surface area is 93.0 Å². The zero-order valence-electron chi connectivity index (χ0n) is 7.81. The molecule has 0 atom stereocenters. The molecule has 0 spiro atoms. The Morgan fingerprint density at radius 3 is 2.27 bits per heavy atom. The highest BCUT2D eigenvalue weighted by Crippen LogP contribution is 2.32. The van der Waals surface area contributed by atoms with Gasteiger partial charge >= 0.3 is 0 Å². The monoisotopic (exact) mass is 214 g/mol. The minimum Gasteiger partial charge on any atom is -0.229 e. The number of halogens is 1. The zero-order valence-corrected chi connectivity index (χ0v) is 8.57. The third kappa shape index (κ3) is 2.55. The molecule has 1 heterocycles. The molecule has 2 aliphatic carbocycles. The van der Waals surface area contributed by atoms with Crippen LogP contribution < -0.4 is 0 Å². The van der Waals surface area contributed by atoms with Gasteiger partial charge in [-0.15, -0.1) is 6.42 Å². The van der Waals surface area contributed by atoms with Gasteiger partial charge in [-0.2, -0.15) is 0 Å². The molecule has 0 amide bonds. The molecule has 0 fully saturated rings. The highest BCUT2D eigenvalue weighted by molar-refractivity contribution is 6.29. The van der Waals surface area contributed by atoms with E-state index in [0.29, 0.717) is 11.0 Å². The van der Waals surface area contributed by atoms with E-state index in [4.69, 9.17) is 18.0 Å². The molecule has 0 aliphatic heterocycles. The number of benzene rings is 1. The van der Waals surface area contributed by atoms with Crippen LogP contribution in [0.3, 0.4) is 0 Å². The Morgan fingerprint density at radius 1 is 1.20 bits per heavy atom. The van der Waals surface area contributed by atoms with Gasteiger partial charge in [-0.1, -0.05) is 29.8 Å². The van der Waals surface area contributed by atoms with Gasteiger partial charge in [0.05, 0.1) is 0 Å². The van der Waals surface area contributed by atoms with E-state index >= 15 is 0 Å². The second kappa shape index (κ2) is 4.12. The Balaban J connectivity index is 0.000000121. The van der Waals surface area contributed by atoms with Crippen LogP contribution in [-0.2, 0) is 0 Å². The summed E-state index contributed by atoms with van der Waals surface area (Å²) in [7, 11) is 0. The second-order valence-electron chi connectivity index (χ2n) is 2.93. The van der Waals surface area contributed by atoms with Crippen LogP contribution in [-0.4, -0.2) is 9.97 Å². The number of terminal acetylenes is 1. The number of rotatable bonds is 0. The van der Waals surface area contributed by atoms with Crippen molar-refractivity contribution in [3.63, 3.8) is 0 Å². The van der Waals surface area contributed by atoms with Crippen LogP contribution >= 0.6 is 11.6 Å². The predicted octanol–water partition coefficient (Wildman–Crippen LogP) is 2.78. The van der Waals surface area contributed by atoms with Gasteiger partial charge in [-0.3, -0.25) is 0 Å². The van der Waals surface area contributed by atoms with Gasteiger partial charge in [0.2, 0.25) is 5.82 Å². The third-order valence-electron chi connectivity index (χ3n) is 1.86. The Bertz CT molecular complexity index is 512. The molecular formula is C12H7ClN2. The van der Waals surface area contributed by atoms with Gasteiger partial charge in [0.1, 0.15) is 5.15 Å². The normalized spacial score (nSPS) is 9.60. The van der Waals surface area contributed by atoms with Crippen molar-refractivity contribution in [1.29, 1.82) is 0 Å². The third-order valence-corrected chi connectivity index (χ3v) is 2.07. The fourth-order valence-corrected chi connectivity index (χ4v) is 1.22. The lowest BCUT2D eigenvalue weighted by atomic mass is 10.6. The van der Waals surface area contributed by atoms with Crippen molar-refractivity contribution in [2.75, 3.05) is 0 Å². The molecule has 3 heteroatoms. The first-order chi connectivity index (χ1) is 7.29. The van der Waals surface area contributed by atoms with E-state index in [1.54, 1.807) is 6.07 Å². The summed E-state index contributed by atoms with van der Waals surface area (Å²) in [5.41, 5.74) is 2.85. The van der Waals surface area contributed by atoms with Gasteiger partial charge in [-0.05, 0) is 29.2 Å². The van der Waals surface area contributed by atoms with Gasteiger partial charge in [-0.25, -0.2) is 9.97 Å². The lowest BCUT2D eigenvalue weighted by molar-refractivity contribution is 1.13. The molecule has 1 aromatic rings. The minimum atomic E-state index is 0.322. The molecule has 72 valence electrons. The zero-order chi connectivity index (χ0) is 10.7. The average molecular weight is 215 g/mol. The summed E-state index contributed by atoms with van der Waals surface area (Å²) in [4.78, 5) is 7.44. The molecule has 2 nitrogen and oxygen atoms in total. The number of hydrogen-bond donors (Lipinski definition) is 0. The first-order valence-electron chi connectivity index (χ1n) is 4.35.